The Labute approximate surface area is 80.6 Å². The van der Waals surface area contributed by atoms with Gasteiger partial charge in [0.25, 0.3) is 0 Å². The van der Waals surface area contributed by atoms with Crippen molar-refractivity contribution in [3.8, 4) is 11.8 Å². The molecule has 0 atom stereocenters. The Balaban J connectivity index is 2.44. The molecule has 5 heteroatoms. The van der Waals surface area contributed by atoms with Crippen LogP contribution in [0.15, 0.2) is 17.4 Å². The molecule has 0 radical (unpaired) electrons. The second kappa shape index (κ2) is 3.34. The zero-order valence-electron chi connectivity index (χ0n) is 7.52. The van der Waals surface area contributed by atoms with Crippen LogP contribution in [0.2, 0.25) is 0 Å². The second-order valence-electron chi connectivity index (χ2n) is 2.69. The number of rotatable bonds is 1. The lowest BCUT2D eigenvalue weighted by molar-refractivity contribution is 0.211. The number of ether oxygens (including phenoxy) is 1. The Morgan fingerprint density at radius 2 is 2.57 bits per heavy atom. The first kappa shape index (κ1) is 8.51. The number of oxime groups is 1. The number of nitriles is 1. The molecule has 1 aromatic rings. The van der Waals surface area contributed by atoms with Crippen LogP contribution < -0.4 is 4.74 Å². The van der Waals surface area contributed by atoms with Gasteiger partial charge in [-0.15, -0.1) is 0 Å². The standard InChI is InChI=1S/C9H7N3O2/c1-13-12-8-5-14-9-2-6(3-10)11-4-7(8)9/h2,4H,5H2,1H3/b12-8-. The molecule has 1 aliphatic heterocycles. The number of pyridine rings is 1. The van der Waals surface area contributed by atoms with Gasteiger partial charge >= 0.3 is 0 Å². The maximum absolute atomic E-state index is 8.62. The monoisotopic (exact) mass is 189 g/mol. The van der Waals surface area contributed by atoms with E-state index >= 15 is 0 Å². The predicted molar refractivity (Wildman–Crippen MR) is 48.0 cm³/mol. The van der Waals surface area contributed by atoms with E-state index in [2.05, 4.69) is 15.0 Å². The number of nitrogens with zero attached hydrogens (tertiary/aromatic N) is 3. The molecule has 14 heavy (non-hydrogen) atoms. The molecule has 70 valence electrons. The molecule has 2 rings (SSSR count). The molecule has 1 aromatic heterocycles. The minimum absolute atomic E-state index is 0.336. The van der Waals surface area contributed by atoms with E-state index in [9.17, 15) is 0 Å². The van der Waals surface area contributed by atoms with Crippen molar-refractivity contribution in [2.75, 3.05) is 13.7 Å². The van der Waals surface area contributed by atoms with Gasteiger partial charge in [-0.05, 0) is 0 Å². The molecule has 0 bridgehead atoms. The molecule has 0 spiro atoms. The topological polar surface area (TPSA) is 67.5 Å². The number of hydrogen-bond donors (Lipinski definition) is 0. The number of hydrogen-bond acceptors (Lipinski definition) is 5. The van der Waals surface area contributed by atoms with Crippen LogP contribution in [0.1, 0.15) is 11.3 Å². The Morgan fingerprint density at radius 3 is 3.29 bits per heavy atom. The van der Waals surface area contributed by atoms with Gasteiger partial charge in [0, 0.05) is 12.3 Å². The molecule has 0 amide bonds. The first-order chi connectivity index (χ1) is 6.85. The summed E-state index contributed by atoms with van der Waals surface area (Å²) >= 11 is 0. The molecular weight excluding hydrogens is 182 g/mol. The lowest BCUT2D eigenvalue weighted by atomic mass is 10.2. The molecule has 1 aliphatic rings. The molecule has 5 nitrogen and oxygen atoms in total. The summed E-state index contributed by atoms with van der Waals surface area (Å²) in [5.41, 5.74) is 1.81. The zero-order valence-corrected chi connectivity index (χ0v) is 7.52. The van der Waals surface area contributed by atoms with E-state index in [-0.39, 0.29) is 0 Å². The Kier molecular flexibility index (Phi) is 2.03. The van der Waals surface area contributed by atoms with Gasteiger partial charge in [0.15, 0.2) is 0 Å². The van der Waals surface area contributed by atoms with Crippen molar-refractivity contribution in [2.24, 2.45) is 5.16 Å². The quantitative estimate of drug-likeness (QED) is 0.610. The van der Waals surface area contributed by atoms with E-state index in [0.29, 0.717) is 23.8 Å². The highest BCUT2D eigenvalue weighted by molar-refractivity contribution is 6.05. The van der Waals surface area contributed by atoms with Gasteiger partial charge in [-0.2, -0.15) is 5.26 Å². The molecule has 2 heterocycles. The van der Waals surface area contributed by atoms with Gasteiger partial charge in [-0.1, -0.05) is 5.16 Å². The van der Waals surface area contributed by atoms with E-state index in [1.54, 1.807) is 12.3 Å². The van der Waals surface area contributed by atoms with Crippen LogP contribution in [0, 0.1) is 11.3 Å². The number of aromatic nitrogens is 1. The molecular formula is C9H7N3O2. The Morgan fingerprint density at radius 1 is 1.71 bits per heavy atom. The lowest BCUT2D eigenvalue weighted by Crippen LogP contribution is -2.02. The van der Waals surface area contributed by atoms with Gasteiger partial charge in [0.1, 0.15) is 36.9 Å². The summed E-state index contributed by atoms with van der Waals surface area (Å²) in [4.78, 5) is 8.58. The Hall–Kier alpha value is -2.09. The van der Waals surface area contributed by atoms with Crippen LogP contribution in [0.5, 0.6) is 5.75 Å². The van der Waals surface area contributed by atoms with Crippen LogP contribution in [0.4, 0.5) is 0 Å². The predicted octanol–water partition coefficient (Wildman–Crippen LogP) is 0.696. The molecule has 0 unspecified atom stereocenters. The van der Waals surface area contributed by atoms with Crippen molar-refractivity contribution in [2.45, 2.75) is 0 Å². The maximum atomic E-state index is 8.62. The molecule has 0 N–H and O–H groups in total. The van der Waals surface area contributed by atoms with Crippen LogP contribution >= 0.6 is 0 Å². The molecule has 0 aliphatic carbocycles. The van der Waals surface area contributed by atoms with Crippen LogP contribution in [0.3, 0.4) is 0 Å². The van der Waals surface area contributed by atoms with Crippen LogP contribution in [-0.4, -0.2) is 24.4 Å². The SMILES string of the molecule is CO/N=C1/COc2cc(C#N)ncc21. The second-order valence-corrected chi connectivity index (χ2v) is 2.69. The van der Waals surface area contributed by atoms with Crippen molar-refractivity contribution in [1.82, 2.24) is 4.98 Å². The van der Waals surface area contributed by atoms with Gasteiger partial charge in [0.2, 0.25) is 0 Å². The summed E-state index contributed by atoms with van der Waals surface area (Å²) in [5, 5.41) is 12.4. The minimum atomic E-state index is 0.336. The average molecular weight is 189 g/mol. The van der Waals surface area contributed by atoms with Gasteiger partial charge < -0.3 is 9.57 Å². The first-order valence-electron chi connectivity index (χ1n) is 3.98. The largest absolute Gasteiger partial charge is 0.486 e. The number of fused-ring (bicyclic) bond motifs is 1. The van der Waals surface area contributed by atoms with Crippen molar-refractivity contribution < 1.29 is 9.57 Å². The van der Waals surface area contributed by atoms with Gasteiger partial charge in [0.05, 0.1) is 5.56 Å². The minimum Gasteiger partial charge on any atom is -0.486 e. The zero-order chi connectivity index (χ0) is 9.97. The van der Waals surface area contributed by atoms with E-state index in [0.717, 1.165) is 5.56 Å². The van der Waals surface area contributed by atoms with E-state index < -0.39 is 0 Å². The third kappa shape index (κ3) is 1.27. The highest BCUT2D eigenvalue weighted by Crippen LogP contribution is 2.25. The fourth-order valence-electron chi connectivity index (χ4n) is 1.24. The third-order valence-electron chi connectivity index (χ3n) is 1.86. The highest BCUT2D eigenvalue weighted by Gasteiger charge is 2.20. The summed E-state index contributed by atoms with van der Waals surface area (Å²) < 4.78 is 5.30. The summed E-state index contributed by atoms with van der Waals surface area (Å²) in [7, 11) is 1.47. The smallest absolute Gasteiger partial charge is 0.144 e. The average Bonchev–Trinajstić information content (AvgIpc) is 2.61. The van der Waals surface area contributed by atoms with Gasteiger partial charge in [-0.3, -0.25) is 0 Å². The van der Waals surface area contributed by atoms with E-state index in [1.807, 2.05) is 6.07 Å². The van der Waals surface area contributed by atoms with Crippen molar-refractivity contribution in [1.29, 1.82) is 5.26 Å². The van der Waals surface area contributed by atoms with Crippen molar-refractivity contribution in [3.05, 3.63) is 23.5 Å². The summed E-state index contributed by atoms with van der Waals surface area (Å²) in [6.07, 6.45) is 1.57. The Bertz CT molecular complexity index is 434. The maximum Gasteiger partial charge on any atom is 0.144 e. The fourth-order valence-corrected chi connectivity index (χ4v) is 1.24. The van der Waals surface area contributed by atoms with E-state index in [1.165, 1.54) is 7.11 Å². The van der Waals surface area contributed by atoms with Crippen LogP contribution in [0.25, 0.3) is 0 Å². The fraction of sp³-hybridized carbons (Fsp3) is 0.222. The van der Waals surface area contributed by atoms with Crippen molar-refractivity contribution in [3.63, 3.8) is 0 Å². The van der Waals surface area contributed by atoms with Crippen molar-refractivity contribution >= 4 is 5.71 Å². The lowest BCUT2D eigenvalue weighted by Gasteiger charge is -1.95. The molecule has 0 fully saturated rings. The van der Waals surface area contributed by atoms with Gasteiger partial charge in [-0.25, -0.2) is 4.98 Å². The summed E-state index contributed by atoms with van der Waals surface area (Å²) in [6.45, 7) is 0.361. The molecule has 0 saturated heterocycles. The molecule has 0 aromatic carbocycles. The molecule has 0 saturated carbocycles. The highest BCUT2D eigenvalue weighted by atomic mass is 16.6. The summed E-state index contributed by atoms with van der Waals surface area (Å²) in [6, 6.07) is 3.53. The summed E-state index contributed by atoms with van der Waals surface area (Å²) in [5.74, 6) is 0.632. The third-order valence-corrected chi connectivity index (χ3v) is 1.86. The normalized spacial score (nSPS) is 15.9. The van der Waals surface area contributed by atoms with Crippen LogP contribution in [-0.2, 0) is 4.84 Å². The van der Waals surface area contributed by atoms with E-state index in [4.69, 9.17) is 10.00 Å². The first-order valence-corrected chi connectivity index (χ1v) is 3.98.